The number of carbonyl (C=O) groups is 1. The number of hydrogen-bond donors (Lipinski definition) is 0. The van der Waals surface area contributed by atoms with Crippen LogP contribution in [-0.4, -0.2) is 44.3 Å². The molecule has 27 heavy (non-hydrogen) atoms. The minimum atomic E-state index is -0.323. The van der Waals surface area contributed by atoms with Crippen LogP contribution in [0.2, 0.25) is 0 Å². The van der Waals surface area contributed by atoms with E-state index < -0.39 is 0 Å². The largest absolute Gasteiger partial charge is 0.376 e. The van der Waals surface area contributed by atoms with Crippen molar-refractivity contribution in [2.45, 2.75) is 65.8 Å². The Bertz CT molecular complexity index is 865. The Morgan fingerprint density at radius 1 is 1.41 bits per heavy atom. The van der Waals surface area contributed by atoms with Crippen LogP contribution in [0.5, 0.6) is 0 Å². The van der Waals surface area contributed by atoms with Crippen LogP contribution < -0.4 is 5.56 Å². The topological polar surface area (TPSA) is 90.5 Å². The fourth-order valence-electron chi connectivity index (χ4n) is 3.27. The van der Waals surface area contributed by atoms with E-state index in [-0.39, 0.29) is 35.7 Å². The number of aromatic nitrogens is 3. The zero-order chi connectivity index (χ0) is 19.6. The highest BCUT2D eigenvalue weighted by Gasteiger charge is 2.26. The lowest BCUT2D eigenvalue weighted by Crippen LogP contribution is -2.41. The first kappa shape index (κ1) is 19.3. The Labute approximate surface area is 158 Å². The minimum Gasteiger partial charge on any atom is -0.376 e. The second-order valence-corrected chi connectivity index (χ2v) is 7.22. The van der Waals surface area contributed by atoms with E-state index in [0.717, 1.165) is 19.4 Å². The molecular formula is C19H26N4O4. The third-order valence-corrected chi connectivity index (χ3v) is 4.78. The molecule has 1 amide bonds. The van der Waals surface area contributed by atoms with Gasteiger partial charge in [0.1, 0.15) is 5.56 Å². The highest BCUT2D eigenvalue weighted by molar-refractivity contribution is 5.95. The molecule has 0 spiro atoms. The lowest BCUT2D eigenvalue weighted by Gasteiger charge is -2.26. The molecule has 1 aliphatic heterocycles. The summed E-state index contributed by atoms with van der Waals surface area (Å²) in [5.41, 5.74) is 0.554. The number of amides is 1. The maximum absolute atomic E-state index is 13.2. The molecule has 0 N–H and O–H groups in total. The van der Waals surface area contributed by atoms with Gasteiger partial charge in [-0.2, -0.15) is 4.98 Å². The fraction of sp³-hybridized carbons (Fsp3) is 0.579. The highest BCUT2D eigenvalue weighted by atomic mass is 16.5. The molecule has 0 saturated carbocycles. The first-order chi connectivity index (χ1) is 12.9. The van der Waals surface area contributed by atoms with Gasteiger partial charge < -0.3 is 18.7 Å². The van der Waals surface area contributed by atoms with Gasteiger partial charge in [-0.25, -0.2) is 0 Å². The second-order valence-electron chi connectivity index (χ2n) is 7.22. The Kier molecular flexibility index (Phi) is 5.74. The van der Waals surface area contributed by atoms with Crippen molar-refractivity contribution < 1.29 is 14.1 Å². The lowest BCUT2D eigenvalue weighted by atomic mass is 10.1. The molecule has 1 atom stereocenters. The molecule has 8 heteroatoms. The second kappa shape index (κ2) is 8.04. The quantitative estimate of drug-likeness (QED) is 0.769. The van der Waals surface area contributed by atoms with E-state index in [1.165, 1.54) is 0 Å². The summed E-state index contributed by atoms with van der Waals surface area (Å²) < 4.78 is 12.2. The van der Waals surface area contributed by atoms with Gasteiger partial charge in [-0.15, -0.1) is 0 Å². The van der Waals surface area contributed by atoms with Crippen LogP contribution in [0.15, 0.2) is 21.6 Å². The van der Waals surface area contributed by atoms with E-state index in [1.54, 1.807) is 35.6 Å². The van der Waals surface area contributed by atoms with Crippen LogP contribution in [0.3, 0.4) is 0 Å². The third kappa shape index (κ3) is 4.27. The molecular weight excluding hydrogens is 348 g/mol. The molecule has 0 aliphatic carbocycles. The molecule has 0 bridgehead atoms. The third-order valence-electron chi connectivity index (χ3n) is 4.78. The first-order valence-corrected chi connectivity index (χ1v) is 9.28. The van der Waals surface area contributed by atoms with Gasteiger partial charge in [-0.1, -0.05) is 5.16 Å². The molecule has 1 unspecified atom stereocenters. The Morgan fingerprint density at radius 3 is 2.78 bits per heavy atom. The Balaban J connectivity index is 1.89. The Morgan fingerprint density at radius 2 is 2.19 bits per heavy atom. The molecule has 1 fully saturated rings. The average Bonchev–Trinajstić information content (AvgIpc) is 3.26. The number of ether oxygens (including phenoxy) is 1. The molecule has 1 aliphatic rings. The van der Waals surface area contributed by atoms with Crippen molar-refractivity contribution in [1.29, 1.82) is 0 Å². The van der Waals surface area contributed by atoms with Gasteiger partial charge in [0.2, 0.25) is 5.89 Å². The van der Waals surface area contributed by atoms with Crippen molar-refractivity contribution in [3.8, 4) is 0 Å². The summed E-state index contributed by atoms with van der Waals surface area (Å²) >= 11 is 0. The maximum Gasteiger partial charge on any atom is 0.263 e. The van der Waals surface area contributed by atoms with Crippen LogP contribution in [0, 0.1) is 13.8 Å². The normalized spacial score (nSPS) is 16.9. The van der Waals surface area contributed by atoms with Gasteiger partial charge in [-0.3, -0.25) is 9.59 Å². The fourth-order valence-corrected chi connectivity index (χ4v) is 3.27. The van der Waals surface area contributed by atoms with Crippen molar-refractivity contribution in [3.63, 3.8) is 0 Å². The molecule has 1 saturated heterocycles. The summed E-state index contributed by atoms with van der Waals surface area (Å²) in [5.74, 6) is 0.537. The molecule has 8 nitrogen and oxygen atoms in total. The van der Waals surface area contributed by atoms with Crippen molar-refractivity contribution >= 4 is 5.91 Å². The van der Waals surface area contributed by atoms with Crippen LogP contribution in [0.1, 0.15) is 54.3 Å². The van der Waals surface area contributed by atoms with E-state index >= 15 is 0 Å². The number of rotatable bonds is 6. The zero-order valence-corrected chi connectivity index (χ0v) is 16.3. The molecule has 0 aromatic carbocycles. The van der Waals surface area contributed by atoms with Crippen molar-refractivity contribution in [2.24, 2.45) is 0 Å². The lowest BCUT2D eigenvalue weighted by molar-refractivity contribution is 0.0677. The van der Waals surface area contributed by atoms with Crippen molar-refractivity contribution in [2.75, 3.05) is 6.61 Å². The van der Waals surface area contributed by atoms with E-state index in [1.807, 2.05) is 13.8 Å². The summed E-state index contributed by atoms with van der Waals surface area (Å²) in [6, 6.07) is 1.68. The van der Waals surface area contributed by atoms with Gasteiger partial charge in [0.15, 0.2) is 5.82 Å². The van der Waals surface area contributed by atoms with Crippen LogP contribution in [0.25, 0.3) is 0 Å². The van der Waals surface area contributed by atoms with E-state index in [0.29, 0.717) is 23.8 Å². The summed E-state index contributed by atoms with van der Waals surface area (Å²) in [7, 11) is 0. The van der Waals surface area contributed by atoms with Gasteiger partial charge >= 0.3 is 0 Å². The molecule has 3 rings (SSSR count). The number of pyridine rings is 1. The van der Waals surface area contributed by atoms with Gasteiger partial charge in [-0.05, 0) is 45.2 Å². The van der Waals surface area contributed by atoms with Crippen molar-refractivity contribution in [3.05, 3.63) is 45.5 Å². The van der Waals surface area contributed by atoms with E-state index in [4.69, 9.17) is 9.26 Å². The first-order valence-electron chi connectivity index (χ1n) is 9.28. The monoisotopic (exact) mass is 374 g/mol. The predicted octanol–water partition coefficient (Wildman–Crippen LogP) is 2.08. The van der Waals surface area contributed by atoms with Crippen LogP contribution in [0.4, 0.5) is 0 Å². The summed E-state index contributed by atoms with van der Waals surface area (Å²) in [6.07, 6.45) is 3.69. The van der Waals surface area contributed by atoms with Gasteiger partial charge in [0, 0.05) is 25.8 Å². The number of nitrogens with zero attached hydrogens (tertiary/aromatic N) is 4. The predicted molar refractivity (Wildman–Crippen MR) is 98.5 cm³/mol. The highest BCUT2D eigenvalue weighted by Crippen LogP contribution is 2.16. The Hall–Kier alpha value is -2.48. The maximum atomic E-state index is 13.2. The van der Waals surface area contributed by atoms with E-state index in [9.17, 15) is 9.59 Å². The van der Waals surface area contributed by atoms with Crippen LogP contribution >= 0.6 is 0 Å². The van der Waals surface area contributed by atoms with Gasteiger partial charge in [0.25, 0.3) is 11.5 Å². The number of hydrogen-bond acceptors (Lipinski definition) is 6. The smallest absolute Gasteiger partial charge is 0.263 e. The van der Waals surface area contributed by atoms with E-state index in [2.05, 4.69) is 10.1 Å². The molecule has 2 aromatic heterocycles. The molecule has 3 heterocycles. The van der Waals surface area contributed by atoms with Crippen molar-refractivity contribution in [1.82, 2.24) is 19.6 Å². The summed E-state index contributed by atoms with van der Waals surface area (Å²) in [4.78, 5) is 32.0. The summed E-state index contributed by atoms with van der Waals surface area (Å²) in [5, 5.41) is 3.87. The molecule has 0 radical (unpaired) electrons. The molecule has 146 valence electrons. The minimum absolute atomic E-state index is 0.0249. The molecule has 2 aromatic rings. The average molecular weight is 374 g/mol. The van der Waals surface area contributed by atoms with Gasteiger partial charge in [0.05, 0.1) is 19.2 Å². The zero-order valence-electron chi connectivity index (χ0n) is 16.3. The standard InChI is InChI=1S/C19H26N4O4/c1-12(2)23(11-16-20-14(4)27-21-16)19(25)17-13(3)7-8-22(18(17)24)10-15-6-5-9-26-15/h7-8,12,15H,5-6,9-11H2,1-4H3. The van der Waals surface area contributed by atoms with Crippen LogP contribution in [-0.2, 0) is 17.8 Å². The SMILES string of the molecule is Cc1nc(CN(C(=O)c2c(C)ccn(CC3CCCO3)c2=O)C(C)C)no1. The number of aryl methyl sites for hydroxylation is 2. The summed E-state index contributed by atoms with van der Waals surface area (Å²) in [6.45, 7) is 8.65. The number of carbonyl (C=O) groups excluding carboxylic acids is 1.